The number of nitrogens with one attached hydrogen (secondary N) is 2. The molecule has 0 aliphatic carbocycles. The number of nitro groups is 1. The fourth-order valence-corrected chi connectivity index (χ4v) is 2.86. The van der Waals surface area contributed by atoms with E-state index in [0.29, 0.717) is 11.4 Å². The molecule has 2 atom stereocenters. The second-order valence-corrected chi connectivity index (χ2v) is 6.89. The maximum Gasteiger partial charge on any atom is 0.269 e. The quantitative estimate of drug-likeness (QED) is 0.250. The number of nitrogens with zero attached hydrogens (tertiary/aromatic N) is 4. The Hall–Kier alpha value is -3.67. The summed E-state index contributed by atoms with van der Waals surface area (Å²) in [5.74, 6) is 0.610. The molecular formula is C20H23N7O4. The molecule has 11 nitrogen and oxygen atoms in total. The summed E-state index contributed by atoms with van der Waals surface area (Å²) in [6.45, 7) is 1.70. The average molecular weight is 425 g/mol. The van der Waals surface area contributed by atoms with Gasteiger partial charge in [-0.05, 0) is 36.8 Å². The second kappa shape index (κ2) is 9.89. The topological polar surface area (TPSA) is 172 Å². The number of hydrogen-bond acceptors (Lipinski definition) is 10. The summed E-state index contributed by atoms with van der Waals surface area (Å²) in [4.78, 5) is 22.7. The predicted octanol–water partition coefficient (Wildman–Crippen LogP) is 1.60. The molecule has 0 aliphatic heterocycles. The van der Waals surface area contributed by atoms with Crippen molar-refractivity contribution in [1.29, 1.82) is 0 Å². The largest absolute Gasteiger partial charge is 0.395 e. The fraction of sp³-hybridized carbons (Fsp3) is 0.250. The van der Waals surface area contributed by atoms with Crippen LogP contribution in [0.2, 0.25) is 0 Å². The van der Waals surface area contributed by atoms with Gasteiger partial charge in [0.05, 0.1) is 30.2 Å². The maximum absolute atomic E-state index is 10.8. The monoisotopic (exact) mass is 425 g/mol. The molecule has 0 unspecified atom stereocenters. The molecule has 31 heavy (non-hydrogen) atoms. The molecule has 3 aromatic rings. The minimum absolute atomic E-state index is 0.0258. The van der Waals surface area contributed by atoms with E-state index in [1.54, 1.807) is 0 Å². The van der Waals surface area contributed by atoms with Crippen LogP contribution in [0.15, 0.2) is 48.5 Å². The van der Waals surface area contributed by atoms with Gasteiger partial charge in [-0.25, -0.2) is 0 Å². The molecule has 0 bridgehead atoms. The van der Waals surface area contributed by atoms with Crippen molar-refractivity contribution in [2.75, 3.05) is 17.7 Å². The third kappa shape index (κ3) is 5.92. The van der Waals surface area contributed by atoms with Gasteiger partial charge in [-0.3, -0.25) is 10.1 Å². The lowest BCUT2D eigenvalue weighted by Gasteiger charge is -2.22. The van der Waals surface area contributed by atoms with E-state index in [9.17, 15) is 20.3 Å². The molecule has 0 saturated heterocycles. The van der Waals surface area contributed by atoms with Gasteiger partial charge < -0.3 is 26.6 Å². The zero-order chi connectivity index (χ0) is 22.4. The first-order valence-electron chi connectivity index (χ1n) is 9.46. The van der Waals surface area contributed by atoms with Crippen LogP contribution in [0.5, 0.6) is 0 Å². The van der Waals surface area contributed by atoms with Crippen molar-refractivity contribution in [2.24, 2.45) is 0 Å². The van der Waals surface area contributed by atoms with Crippen molar-refractivity contribution in [3.63, 3.8) is 0 Å². The number of aryl methyl sites for hydroxylation is 1. The van der Waals surface area contributed by atoms with Gasteiger partial charge in [0.1, 0.15) is 5.82 Å². The highest BCUT2D eigenvalue weighted by molar-refractivity contribution is 5.54. The number of nitrogens with two attached hydrogens (primary N) is 1. The first kappa shape index (κ1) is 22.0. The Labute approximate surface area is 178 Å². The zero-order valence-electron chi connectivity index (χ0n) is 16.8. The molecule has 1 aromatic heterocycles. The van der Waals surface area contributed by atoms with Crippen LogP contribution < -0.4 is 16.4 Å². The highest BCUT2D eigenvalue weighted by atomic mass is 16.6. The van der Waals surface area contributed by atoms with Crippen LogP contribution in [0, 0.1) is 17.0 Å². The Morgan fingerprint density at radius 2 is 1.77 bits per heavy atom. The number of rotatable bonds is 9. The third-order valence-corrected chi connectivity index (χ3v) is 4.55. The van der Waals surface area contributed by atoms with E-state index >= 15 is 0 Å². The van der Waals surface area contributed by atoms with Crippen LogP contribution in [-0.2, 0) is 6.54 Å². The maximum atomic E-state index is 10.8. The molecule has 0 amide bonds. The summed E-state index contributed by atoms with van der Waals surface area (Å²) in [6, 6.07) is 12.4. The Bertz CT molecular complexity index is 1030. The minimum Gasteiger partial charge on any atom is -0.395 e. The third-order valence-electron chi connectivity index (χ3n) is 4.55. The number of nitro benzene ring substituents is 1. The van der Waals surface area contributed by atoms with Crippen LogP contribution in [0.1, 0.15) is 23.1 Å². The van der Waals surface area contributed by atoms with E-state index in [4.69, 9.17) is 5.73 Å². The fourth-order valence-electron chi connectivity index (χ4n) is 2.86. The van der Waals surface area contributed by atoms with Crippen molar-refractivity contribution in [1.82, 2.24) is 20.3 Å². The van der Waals surface area contributed by atoms with Crippen LogP contribution in [0.3, 0.4) is 0 Å². The molecule has 162 valence electrons. The van der Waals surface area contributed by atoms with E-state index in [2.05, 4.69) is 25.6 Å². The van der Waals surface area contributed by atoms with Gasteiger partial charge in [0.2, 0.25) is 11.9 Å². The lowest BCUT2D eigenvalue weighted by molar-refractivity contribution is -0.384. The van der Waals surface area contributed by atoms with Crippen LogP contribution >= 0.6 is 0 Å². The molecule has 0 spiro atoms. The first-order valence-corrected chi connectivity index (χ1v) is 9.46. The normalized spacial score (nSPS) is 12.9. The van der Waals surface area contributed by atoms with E-state index < -0.39 is 17.1 Å². The molecule has 0 aliphatic rings. The predicted molar refractivity (Wildman–Crippen MR) is 114 cm³/mol. The SMILES string of the molecule is Cc1ccc(Nc2nc(N)nc(CN[C@H](CO)[C@H](O)c3ccc([N+](=O)[O-])cc3)n2)cc1. The van der Waals surface area contributed by atoms with Crippen molar-refractivity contribution in [3.05, 3.63) is 75.6 Å². The molecule has 2 aromatic carbocycles. The number of hydrogen-bond donors (Lipinski definition) is 5. The van der Waals surface area contributed by atoms with Crippen LogP contribution in [0.25, 0.3) is 0 Å². The smallest absolute Gasteiger partial charge is 0.269 e. The van der Waals surface area contributed by atoms with E-state index in [1.165, 1.54) is 24.3 Å². The lowest BCUT2D eigenvalue weighted by atomic mass is 10.0. The molecule has 0 saturated carbocycles. The van der Waals surface area contributed by atoms with Crippen LogP contribution in [0.4, 0.5) is 23.3 Å². The van der Waals surface area contributed by atoms with E-state index in [0.717, 1.165) is 11.3 Å². The summed E-state index contributed by atoms with van der Waals surface area (Å²) in [7, 11) is 0. The summed E-state index contributed by atoms with van der Waals surface area (Å²) in [5, 5.41) is 37.0. The Morgan fingerprint density at radius 1 is 1.10 bits per heavy atom. The number of benzene rings is 2. The number of aliphatic hydroxyl groups excluding tert-OH is 2. The molecular weight excluding hydrogens is 402 g/mol. The molecule has 0 fully saturated rings. The summed E-state index contributed by atoms with van der Waals surface area (Å²) < 4.78 is 0. The Morgan fingerprint density at radius 3 is 2.39 bits per heavy atom. The van der Waals surface area contributed by atoms with Gasteiger partial charge in [-0.1, -0.05) is 17.7 Å². The summed E-state index contributed by atoms with van der Waals surface area (Å²) >= 11 is 0. The van der Waals surface area contributed by atoms with Gasteiger partial charge in [0.15, 0.2) is 0 Å². The van der Waals surface area contributed by atoms with E-state index in [1.807, 2.05) is 31.2 Å². The van der Waals surface area contributed by atoms with Crippen molar-refractivity contribution in [2.45, 2.75) is 25.6 Å². The molecule has 11 heteroatoms. The average Bonchev–Trinajstić information content (AvgIpc) is 2.75. The zero-order valence-corrected chi connectivity index (χ0v) is 16.8. The van der Waals surface area contributed by atoms with Gasteiger partial charge in [0.25, 0.3) is 5.69 Å². The summed E-state index contributed by atoms with van der Waals surface area (Å²) in [6.07, 6.45) is -1.10. The summed E-state index contributed by atoms with van der Waals surface area (Å²) in [5.41, 5.74) is 8.03. The minimum atomic E-state index is -1.10. The Kier molecular flexibility index (Phi) is 7.03. The molecule has 3 rings (SSSR count). The molecule has 6 N–H and O–H groups in total. The number of anilines is 3. The van der Waals surface area contributed by atoms with Gasteiger partial charge in [-0.15, -0.1) is 0 Å². The molecule has 1 heterocycles. The van der Waals surface area contributed by atoms with Crippen molar-refractivity contribution in [3.8, 4) is 0 Å². The Balaban J connectivity index is 1.67. The number of non-ortho nitro benzene ring substituents is 1. The number of aromatic nitrogens is 3. The number of nitrogen functional groups attached to an aromatic ring is 1. The first-order chi connectivity index (χ1) is 14.9. The molecule has 0 radical (unpaired) electrons. The van der Waals surface area contributed by atoms with Crippen molar-refractivity contribution >= 4 is 23.3 Å². The van der Waals surface area contributed by atoms with Crippen LogP contribution in [-0.4, -0.2) is 42.7 Å². The van der Waals surface area contributed by atoms with Gasteiger partial charge >= 0.3 is 0 Å². The van der Waals surface area contributed by atoms with Gasteiger partial charge in [0, 0.05) is 17.8 Å². The second-order valence-electron chi connectivity index (χ2n) is 6.89. The lowest BCUT2D eigenvalue weighted by Crippen LogP contribution is -2.38. The van der Waals surface area contributed by atoms with Gasteiger partial charge in [-0.2, -0.15) is 15.0 Å². The standard InChI is InChI=1S/C20H23N7O4/c1-12-2-6-14(7-3-12)23-20-25-17(24-19(21)26-20)10-22-16(11-28)18(29)13-4-8-15(9-5-13)27(30)31/h2-9,16,18,22,28-29H,10-11H2,1H3,(H3,21,23,24,25,26)/t16-,18-/m1/s1. The number of aliphatic hydroxyl groups is 2. The highest BCUT2D eigenvalue weighted by Gasteiger charge is 2.21. The van der Waals surface area contributed by atoms with E-state index in [-0.39, 0.29) is 30.7 Å². The highest BCUT2D eigenvalue weighted by Crippen LogP contribution is 2.21. The van der Waals surface area contributed by atoms with Crippen molar-refractivity contribution < 1.29 is 15.1 Å².